The van der Waals surface area contributed by atoms with Gasteiger partial charge in [0.25, 0.3) is 5.91 Å². The quantitative estimate of drug-likeness (QED) is 0.445. The van der Waals surface area contributed by atoms with Gasteiger partial charge in [-0.1, -0.05) is 19.1 Å². The summed E-state index contributed by atoms with van der Waals surface area (Å²) in [6.45, 7) is 4.35. The molecular formula is C17H24N8O4. The van der Waals surface area contributed by atoms with E-state index in [9.17, 15) is 14.4 Å². The van der Waals surface area contributed by atoms with Crippen LogP contribution in [0.1, 0.15) is 54.7 Å². The Morgan fingerprint density at radius 2 is 2.14 bits per heavy atom. The third-order valence-corrected chi connectivity index (χ3v) is 4.85. The van der Waals surface area contributed by atoms with Gasteiger partial charge in [0.1, 0.15) is 11.7 Å². The molecule has 12 heteroatoms. The molecule has 0 spiro atoms. The summed E-state index contributed by atoms with van der Waals surface area (Å²) in [4.78, 5) is 41.1. The van der Waals surface area contributed by atoms with Crippen LogP contribution in [0.15, 0.2) is 12.1 Å². The number of hydrogen-bond donors (Lipinski definition) is 5. The minimum atomic E-state index is -1.14. The predicted octanol–water partition coefficient (Wildman–Crippen LogP) is 0.414. The van der Waals surface area contributed by atoms with E-state index in [2.05, 4.69) is 36.2 Å². The number of rotatable bonds is 7. The number of nitrogens with zero attached hydrogens (tertiary/aromatic N) is 4. The van der Waals surface area contributed by atoms with Gasteiger partial charge in [-0.25, -0.2) is 4.79 Å². The Kier molecular flexibility index (Phi) is 6.10. The van der Waals surface area contributed by atoms with Crippen molar-refractivity contribution in [3.63, 3.8) is 0 Å². The van der Waals surface area contributed by atoms with Crippen LogP contribution in [0.5, 0.6) is 0 Å². The molecule has 1 aliphatic rings. The highest BCUT2D eigenvalue weighted by Crippen LogP contribution is 2.24. The molecule has 2 atom stereocenters. The van der Waals surface area contributed by atoms with Gasteiger partial charge in [-0.2, -0.15) is 5.21 Å². The van der Waals surface area contributed by atoms with Crippen LogP contribution in [0.4, 0.5) is 4.79 Å². The SMILES string of the molecule is CC(C)[C@H](NC(=O)O)c1ccc(C(=O)N2CCC[C@H]2C(=O)NCc2nn[nH]n2)[nH]1. The van der Waals surface area contributed by atoms with Gasteiger partial charge in [-0.15, -0.1) is 10.2 Å². The number of aromatic amines is 2. The zero-order chi connectivity index (χ0) is 21.0. The van der Waals surface area contributed by atoms with Gasteiger partial charge in [0.05, 0.1) is 12.6 Å². The lowest BCUT2D eigenvalue weighted by atomic mass is 10.0. The summed E-state index contributed by atoms with van der Waals surface area (Å²) in [5.74, 6) is -0.233. The first-order valence-corrected chi connectivity index (χ1v) is 9.36. The maximum absolute atomic E-state index is 13.0. The fourth-order valence-corrected chi connectivity index (χ4v) is 3.43. The van der Waals surface area contributed by atoms with Crippen molar-refractivity contribution < 1.29 is 19.5 Å². The third-order valence-electron chi connectivity index (χ3n) is 4.85. The second kappa shape index (κ2) is 8.71. The Hall–Kier alpha value is -3.44. The molecule has 3 amide bonds. The summed E-state index contributed by atoms with van der Waals surface area (Å²) < 4.78 is 0. The fraction of sp³-hybridized carbons (Fsp3) is 0.529. The summed E-state index contributed by atoms with van der Waals surface area (Å²) in [5, 5.41) is 27.5. The molecular weight excluding hydrogens is 380 g/mol. The second-order valence-corrected chi connectivity index (χ2v) is 7.20. The summed E-state index contributed by atoms with van der Waals surface area (Å²) in [5.41, 5.74) is 0.916. The molecule has 0 unspecified atom stereocenters. The molecule has 0 saturated carbocycles. The van der Waals surface area contributed by atoms with Gasteiger partial charge in [0, 0.05) is 12.2 Å². The van der Waals surface area contributed by atoms with E-state index in [0.717, 1.165) is 6.42 Å². The van der Waals surface area contributed by atoms with Crippen LogP contribution in [0, 0.1) is 5.92 Å². The first-order chi connectivity index (χ1) is 13.9. The van der Waals surface area contributed by atoms with E-state index in [-0.39, 0.29) is 24.3 Å². The molecule has 3 heterocycles. The Morgan fingerprint density at radius 3 is 2.79 bits per heavy atom. The molecule has 0 aliphatic carbocycles. The van der Waals surface area contributed by atoms with Crippen molar-refractivity contribution in [1.82, 2.24) is 41.1 Å². The molecule has 2 aromatic heterocycles. The van der Waals surface area contributed by atoms with E-state index < -0.39 is 18.2 Å². The smallest absolute Gasteiger partial charge is 0.405 e. The van der Waals surface area contributed by atoms with E-state index in [0.29, 0.717) is 30.2 Å². The number of aromatic nitrogens is 5. The first kappa shape index (κ1) is 20.3. The fourth-order valence-electron chi connectivity index (χ4n) is 3.43. The average molecular weight is 404 g/mol. The summed E-state index contributed by atoms with van der Waals surface area (Å²) in [6.07, 6.45) is 0.144. The Bertz CT molecular complexity index is 863. The van der Waals surface area contributed by atoms with E-state index in [1.165, 1.54) is 4.90 Å². The molecule has 0 bridgehead atoms. The molecule has 3 rings (SSSR count). The molecule has 1 fully saturated rings. The van der Waals surface area contributed by atoms with Gasteiger partial charge in [0.2, 0.25) is 5.91 Å². The first-order valence-electron chi connectivity index (χ1n) is 9.36. The summed E-state index contributed by atoms with van der Waals surface area (Å²) in [7, 11) is 0. The lowest BCUT2D eigenvalue weighted by Gasteiger charge is -2.23. The number of hydrogen-bond acceptors (Lipinski definition) is 6. The zero-order valence-corrected chi connectivity index (χ0v) is 16.2. The third kappa shape index (κ3) is 4.70. The number of likely N-dealkylation sites (tertiary alicyclic amines) is 1. The van der Waals surface area contributed by atoms with Crippen molar-refractivity contribution in [2.75, 3.05) is 6.54 Å². The van der Waals surface area contributed by atoms with Gasteiger partial charge >= 0.3 is 6.09 Å². The van der Waals surface area contributed by atoms with Gasteiger partial charge < -0.3 is 25.6 Å². The second-order valence-electron chi connectivity index (χ2n) is 7.20. The molecule has 2 aromatic rings. The topological polar surface area (TPSA) is 169 Å². The van der Waals surface area contributed by atoms with Crippen LogP contribution in [-0.4, -0.2) is 66.1 Å². The predicted molar refractivity (Wildman–Crippen MR) is 99.6 cm³/mol. The molecule has 0 aromatic carbocycles. The van der Waals surface area contributed by atoms with E-state index in [1.54, 1.807) is 12.1 Å². The average Bonchev–Trinajstić information content (AvgIpc) is 3.44. The maximum atomic E-state index is 13.0. The number of nitrogens with one attached hydrogen (secondary N) is 4. The normalized spacial score (nSPS) is 17.3. The van der Waals surface area contributed by atoms with E-state index in [4.69, 9.17) is 5.11 Å². The number of tetrazole rings is 1. The molecule has 0 radical (unpaired) electrons. The van der Waals surface area contributed by atoms with Crippen LogP contribution in [0.25, 0.3) is 0 Å². The summed E-state index contributed by atoms with van der Waals surface area (Å²) >= 11 is 0. The standard InChI is InChI=1S/C17H24N8O4/c1-9(2)14(20-17(28)29)10-5-6-11(19-10)16(27)25-7-3-4-12(25)15(26)18-8-13-21-23-24-22-13/h5-6,9,12,14,19-20H,3-4,7-8H2,1-2H3,(H,18,26)(H,28,29)(H,21,22,23,24)/t12-,14-/m0/s1. The van der Waals surface area contributed by atoms with Crippen LogP contribution >= 0.6 is 0 Å². The van der Waals surface area contributed by atoms with Gasteiger partial charge in [-0.05, 0) is 30.9 Å². The molecule has 156 valence electrons. The van der Waals surface area contributed by atoms with Crippen LogP contribution in [0.3, 0.4) is 0 Å². The molecule has 1 saturated heterocycles. The van der Waals surface area contributed by atoms with Crippen molar-refractivity contribution in [3.05, 3.63) is 29.3 Å². The van der Waals surface area contributed by atoms with E-state index in [1.807, 2.05) is 13.8 Å². The van der Waals surface area contributed by atoms with Gasteiger partial charge in [-0.3, -0.25) is 9.59 Å². The van der Waals surface area contributed by atoms with Crippen LogP contribution in [0.2, 0.25) is 0 Å². The number of carbonyl (C=O) groups is 3. The number of H-pyrrole nitrogens is 2. The van der Waals surface area contributed by atoms with Crippen LogP contribution in [-0.2, 0) is 11.3 Å². The summed E-state index contributed by atoms with van der Waals surface area (Å²) in [6, 6.07) is 2.25. The largest absolute Gasteiger partial charge is 0.465 e. The minimum Gasteiger partial charge on any atom is -0.465 e. The number of carboxylic acid groups (broad SMARTS) is 1. The van der Waals surface area contributed by atoms with Crippen molar-refractivity contribution in [2.45, 2.75) is 45.3 Å². The van der Waals surface area contributed by atoms with Gasteiger partial charge in [0.15, 0.2) is 5.82 Å². The monoisotopic (exact) mass is 404 g/mol. The highest BCUT2D eigenvalue weighted by atomic mass is 16.4. The van der Waals surface area contributed by atoms with Crippen molar-refractivity contribution >= 4 is 17.9 Å². The highest BCUT2D eigenvalue weighted by Gasteiger charge is 2.35. The Morgan fingerprint density at radius 1 is 1.34 bits per heavy atom. The minimum absolute atomic E-state index is 0.0110. The molecule has 29 heavy (non-hydrogen) atoms. The molecule has 5 N–H and O–H groups in total. The number of amides is 3. The Labute approximate surface area is 166 Å². The Balaban J connectivity index is 1.68. The highest BCUT2D eigenvalue weighted by molar-refractivity contribution is 5.96. The van der Waals surface area contributed by atoms with Crippen LogP contribution < -0.4 is 10.6 Å². The maximum Gasteiger partial charge on any atom is 0.405 e. The lowest BCUT2D eigenvalue weighted by molar-refractivity contribution is -0.125. The van der Waals surface area contributed by atoms with E-state index >= 15 is 0 Å². The molecule has 1 aliphatic heterocycles. The lowest BCUT2D eigenvalue weighted by Crippen LogP contribution is -2.46. The number of carbonyl (C=O) groups excluding carboxylic acids is 2. The van der Waals surface area contributed by atoms with Crippen molar-refractivity contribution in [1.29, 1.82) is 0 Å². The zero-order valence-electron chi connectivity index (χ0n) is 16.2. The van der Waals surface area contributed by atoms with Crippen molar-refractivity contribution in [2.24, 2.45) is 5.92 Å². The molecule has 12 nitrogen and oxygen atoms in total. The van der Waals surface area contributed by atoms with Crippen molar-refractivity contribution in [3.8, 4) is 0 Å².